The van der Waals surface area contributed by atoms with E-state index in [1.165, 1.54) is 4.68 Å². The SMILES string of the molecule is NC(=O)COc1ccc(C=Nn2c(-c3ccccc3)nc3ccccc3c2=O)cc1. The molecule has 30 heavy (non-hydrogen) atoms. The van der Waals surface area contributed by atoms with Gasteiger partial charge in [-0.1, -0.05) is 42.5 Å². The maximum Gasteiger partial charge on any atom is 0.282 e. The molecule has 0 atom stereocenters. The number of aromatic nitrogens is 2. The number of hydrogen-bond donors (Lipinski definition) is 1. The molecule has 0 saturated carbocycles. The fourth-order valence-electron chi connectivity index (χ4n) is 2.93. The van der Waals surface area contributed by atoms with Crippen LogP contribution in [0.1, 0.15) is 5.56 Å². The zero-order valence-electron chi connectivity index (χ0n) is 15.9. The van der Waals surface area contributed by atoms with Crippen LogP contribution in [-0.4, -0.2) is 28.4 Å². The number of primary amides is 1. The van der Waals surface area contributed by atoms with E-state index in [9.17, 15) is 9.59 Å². The third-order valence-electron chi connectivity index (χ3n) is 4.37. The van der Waals surface area contributed by atoms with Crippen LogP contribution in [0.5, 0.6) is 5.75 Å². The Bertz CT molecular complexity index is 1280. The lowest BCUT2D eigenvalue weighted by Gasteiger charge is -2.09. The summed E-state index contributed by atoms with van der Waals surface area (Å²) in [7, 11) is 0. The second kappa shape index (κ2) is 8.40. The molecule has 7 nitrogen and oxygen atoms in total. The van der Waals surface area contributed by atoms with Crippen molar-refractivity contribution in [2.75, 3.05) is 6.61 Å². The average Bonchev–Trinajstić information content (AvgIpc) is 2.78. The summed E-state index contributed by atoms with van der Waals surface area (Å²) in [5, 5.41) is 4.90. The molecular weight excluding hydrogens is 380 g/mol. The third kappa shape index (κ3) is 4.10. The Balaban J connectivity index is 1.73. The molecule has 0 fully saturated rings. The molecule has 4 rings (SSSR count). The zero-order valence-corrected chi connectivity index (χ0v) is 15.9. The number of benzene rings is 3. The molecule has 0 radical (unpaired) electrons. The van der Waals surface area contributed by atoms with Crippen LogP contribution in [-0.2, 0) is 4.79 Å². The first kappa shape index (κ1) is 19.1. The van der Waals surface area contributed by atoms with E-state index in [0.717, 1.165) is 11.1 Å². The summed E-state index contributed by atoms with van der Waals surface area (Å²) in [6.45, 7) is -0.188. The number of para-hydroxylation sites is 1. The molecule has 0 aliphatic rings. The first-order valence-corrected chi connectivity index (χ1v) is 9.24. The van der Waals surface area contributed by atoms with Crippen molar-refractivity contribution in [3.63, 3.8) is 0 Å². The fourth-order valence-corrected chi connectivity index (χ4v) is 2.93. The minimum Gasteiger partial charge on any atom is -0.484 e. The van der Waals surface area contributed by atoms with Crippen molar-refractivity contribution < 1.29 is 9.53 Å². The van der Waals surface area contributed by atoms with Crippen molar-refractivity contribution >= 4 is 23.0 Å². The summed E-state index contributed by atoms with van der Waals surface area (Å²) in [4.78, 5) is 28.6. The summed E-state index contributed by atoms with van der Waals surface area (Å²) in [6.07, 6.45) is 1.57. The van der Waals surface area contributed by atoms with Gasteiger partial charge in [0.05, 0.1) is 17.1 Å². The summed E-state index contributed by atoms with van der Waals surface area (Å²) in [5.41, 5.74) is 6.97. The van der Waals surface area contributed by atoms with Crippen LogP contribution in [0.3, 0.4) is 0 Å². The van der Waals surface area contributed by atoms with E-state index in [4.69, 9.17) is 10.5 Å². The van der Waals surface area contributed by atoms with Crippen LogP contribution in [0.2, 0.25) is 0 Å². The van der Waals surface area contributed by atoms with E-state index < -0.39 is 5.91 Å². The number of hydrogen-bond acceptors (Lipinski definition) is 5. The summed E-state index contributed by atoms with van der Waals surface area (Å²) < 4.78 is 6.55. The number of carbonyl (C=O) groups is 1. The van der Waals surface area contributed by atoms with E-state index in [2.05, 4.69) is 10.1 Å². The molecule has 1 amide bonds. The lowest BCUT2D eigenvalue weighted by Crippen LogP contribution is -2.20. The summed E-state index contributed by atoms with van der Waals surface area (Å²) in [5.74, 6) is 0.426. The quantitative estimate of drug-likeness (QED) is 0.505. The lowest BCUT2D eigenvalue weighted by atomic mass is 10.2. The monoisotopic (exact) mass is 398 g/mol. The molecule has 0 unspecified atom stereocenters. The van der Waals surface area contributed by atoms with Gasteiger partial charge in [0.25, 0.3) is 11.5 Å². The second-order valence-electron chi connectivity index (χ2n) is 6.50. The van der Waals surface area contributed by atoms with Gasteiger partial charge in [0.1, 0.15) is 5.75 Å². The molecule has 7 heteroatoms. The van der Waals surface area contributed by atoms with Crippen LogP contribution in [0.4, 0.5) is 0 Å². The Labute approximate surface area is 172 Å². The number of nitrogens with zero attached hydrogens (tertiary/aromatic N) is 3. The van der Waals surface area contributed by atoms with Gasteiger partial charge in [0.15, 0.2) is 12.4 Å². The molecule has 1 aromatic heterocycles. The number of amides is 1. The van der Waals surface area contributed by atoms with Crippen LogP contribution in [0.15, 0.2) is 88.8 Å². The molecule has 3 aromatic carbocycles. The van der Waals surface area contributed by atoms with E-state index in [1.54, 1.807) is 42.6 Å². The van der Waals surface area contributed by atoms with Gasteiger partial charge in [-0.2, -0.15) is 9.78 Å². The van der Waals surface area contributed by atoms with Gasteiger partial charge in [-0.05, 0) is 42.0 Å². The average molecular weight is 398 g/mol. The van der Waals surface area contributed by atoms with Gasteiger partial charge >= 0.3 is 0 Å². The molecule has 0 aliphatic carbocycles. The van der Waals surface area contributed by atoms with Crippen molar-refractivity contribution in [2.24, 2.45) is 10.8 Å². The van der Waals surface area contributed by atoms with E-state index in [0.29, 0.717) is 22.5 Å². The normalized spacial score (nSPS) is 11.1. The standard InChI is InChI=1S/C23H18N4O3/c24-21(28)15-30-18-12-10-16(11-13-18)14-25-27-22(17-6-2-1-3-7-17)26-20-9-5-4-8-19(20)23(27)29/h1-14H,15H2,(H2,24,28). The smallest absolute Gasteiger partial charge is 0.282 e. The van der Waals surface area contributed by atoms with Gasteiger partial charge < -0.3 is 10.5 Å². The van der Waals surface area contributed by atoms with Crippen LogP contribution < -0.4 is 16.0 Å². The van der Waals surface area contributed by atoms with E-state index in [1.807, 2.05) is 42.5 Å². The maximum atomic E-state index is 13.1. The van der Waals surface area contributed by atoms with Gasteiger partial charge in [-0.25, -0.2) is 4.98 Å². The summed E-state index contributed by atoms with van der Waals surface area (Å²) >= 11 is 0. The predicted molar refractivity (Wildman–Crippen MR) is 116 cm³/mol. The number of fused-ring (bicyclic) bond motifs is 1. The highest BCUT2D eigenvalue weighted by Crippen LogP contribution is 2.18. The molecule has 2 N–H and O–H groups in total. The molecule has 0 bridgehead atoms. The molecule has 0 saturated heterocycles. The molecule has 4 aromatic rings. The highest BCUT2D eigenvalue weighted by Gasteiger charge is 2.11. The van der Waals surface area contributed by atoms with Crippen molar-refractivity contribution in [2.45, 2.75) is 0 Å². The second-order valence-corrected chi connectivity index (χ2v) is 6.50. The Kier molecular flexibility index (Phi) is 5.34. The minimum absolute atomic E-state index is 0.188. The molecule has 0 spiro atoms. The number of rotatable bonds is 6. The first-order valence-electron chi connectivity index (χ1n) is 9.24. The lowest BCUT2D eigenvalue weighted by molar-refractivity contribution is -0.119. The van der Waals surface area contributed by atoms with Crippen LogP contribution in [0, 0.1) is 0 Å². The first-order chi connectivity index (χ1) is 14.6. The van der Waals surface area contributed by atoms with Crippen molar-refractivity contribution in [1.29, 1.82) is 0 Å². The van der Waals surface area contributed by atoms with Crippen molar-refractivity contribution in [1.82, 2.24) is 9.66 Å². The minimum atomic E-state index is -0.544. The highest BCUT2D eigenvalue weighted by molar-refractivity contribution is 5.82. The van der Waals surface area contributed by atoms with Gasteiger partial charge in [-0.15, -0.1) is 0 Å². The number of ether oxygens (including phenoxy) is 1. The fraction of sp³-hybridized carbons (Fsp3) is 0.0435. The number of nitrogens with two attached hydrogens (primary N) is 1. The Morgan fingerprint density at radius 2 is 1.70 bits per heavy atom. The predicted octanol–water partition coefficient (Wildman–Crippen LogP) is 2.81. The van der Waals surface area contributed by atoms with Crippen molar-refractivity contribution in [3.8, 4) is 17.1 Å². The summed E-state index contributed by atoms with van der Waals surface area (Å²) in [6, 6.07) is 23.5. The highest BCUT2D eigenvalue weighted by atomic mass is 16.5. The van der Waals surface area contributed by atoms with Gasteiger partial charge in [0.2, 0.25) is 0 Å². The molecule has 0 aliphatic heterocycles. The van der Waals surface area contributed by atoms with Gasteiger partial charge in [0, 0.05) is 5.56 Å². The van der Waals surface area contributed by atoms with E-state index in [-0.39, 0.29) is 12.2 Å². The Hall–Kier alpha value is -4.26. The largest absolute Gasteiger partial charge is 0.484 e. The van der Waals surface area contributed by atoms with Crippen LogP contribution >= 0.6 is 0 Å². The molecule has 148 valence electrons. The Morgan fingerprint density at radius 3 is 2.43 bits per heavy atom. The number of carbonyl (C=O) groups excluding carboxylic acids is 1. The third-order valence-corrected chi connectivity index (χ3v) is 4.37. The maximum absolute atomic E-state index is 13.1. The molecule has 1 heterocycles. The molecular formula is C23H18N4O3. The Morgan fingerprint density at radius 1 is 1.00 bits per heavy atom. The van der Waals surface area contributed by atoms with Crippen molar-refractivity contribution in [3.05, 3.63) is 94.8 Å². The van der Waals surface area contributed by atoms with Gasteiger partial charge in [-0.3, -0.25) is 9.59 Å². The van der Waals surface area contributed by atoms with E-state index >= 15 is 0 Å². The zero-order chi connectivity index (χ0) is 20.9. The van der Waals surface area contributed by atoms with Crippen LogP contribution in [0.25, 0.3) is 22.3 Å². The topological polar surface area (TPSA) is 99.6 Å².